The van der Waals surface area contributed by atoms with Crippen LogP contribution in [0.25, 0.3) is 10.9 Å². The van der Waals surface area contributed by atoms with Crippen molar-refractivity contribution in [2.75, 3.05) is 24.6 Å². The molecule has 0 unspecified atom stereocenters. The number of carbonyl (C=O) groups is 2. The standard InChI is InChI=1S/C17H19BrN2O4S/c18-11-1-2-12-13(10-20(14(12)9-11)4-3-15(21)22)16(17(23)24)19-5-7-25-8-6-19/h1-2,9-10,16H,3-8H2,(H,21,22)(H,23,24)/t16-/m0/s1. The lowest BCUT2D eigenvalue weighted by molar-refractivity contribution is -0.143. The number of rotatable bonds is 6. The van der Waals surface area contributed by atoms with Crippen LogP contribution >= 0.6 is 27.7 Å². The molecule has 0 saturated carbocycles. The second kappa shape index (κ2) is 7.80. The normalized spacial score (nSPS) is 16.8. The number of hydrogen-bond acceptors (Lipinski definition) is 4. The van der Waals surface area contributed by atoms with Gasteiger partial charge in [-0.05, 0) is 12.1 Å². The van der Waals surface area contributed by atoms with Gasteiger partial charge in [0.2, 0.25) is 0 Å². The molecular weight excluding hydrogens is 408 g/mol. The van der Waals surface area contributed by atoms with Gasteiger partial charge in [-0.25, -0.2) is 0 Å². The number of aryl methyl sites for hydroxylation is 1. The quantitative estimate of drug-likeness (QED) is 0.738. The summed E-state index contributed by atoms with van der Waals surface area (Å²) in [6.45, 7) is 1.78. The molecule has 0 radical (unpaired) electrons. The van der Waals surface area contributed by atoms with Crippen LogP contribution < -0.4 is 0 Å². The fraction of sp³-hybridized carbons (Fsp3) is 0.412. The summed E-state index contributed by atoms with van der Waals surface area (Å²) < 4.78 is 2.72. The molecule has 8 heteroatoms. The van der Waals surface area contributed by atoms with Gasteiger partial charge < -0.3 is 14.8 Å². The SMILES string of the molecule is O=C(O)CCn1cc([C@@H](C(=O)O)N2CCSCC2)c2ccc(Br)cc21. The summed E-state index contributed by atoms with van der Waals surface area (Å²) in [5.74, 6) is 0.105. The molecule has 0 aliphatic carbocycles. The summed E-state index contributed by atoms with van der Waals surface area (Å²) >= 11 is 5.27. The number of aliphatic carboxylic acids is 2. The molecule has 1 atom stereocenters. The molecule has 1 fully saturated rings. The molecule has 3 rings (SSSR count). The average molecular weight is 427 g/mol. The number of nitrogens with zero attached hydrogens (tertiary/aromatic N) is 2. The molecule has 0 spiro atoms. The van der Waals surface area contributed by atoms with E-state index in [1.54, 1.807) is 6.20 Å². The molecule has 1 aromatic carbocycles. The van der Waals surface area contributed by atoms with Crippen molar-refractivity contribution in [3.05, 3.63) is 34.4 Å². The second-order valence-electron chi connectivity index (χ2n) is 5.97. The van der Waals surface area contributed by atoms with E-state index in [9.17, 15) is 14.7 Å². The maximum Gasteiger partial charge on any atom is 0.325 e. The van der Waals surface area contributed by atoms with Crippen LogP contribution in [-0.2, 0) is 16.1 Å². The van der Waals surface area contributed by atoms with Crippen LogP contribution in [0, 0.1) is 0 Å². The van der Waals surface area contributed by atoms with E-state index in [0.717, 1.165) is 45.5 Å². The number of carboxylic acid groups (broad SMARTS) is 2. The van der Waals surface area contributed by atoms with E-state index in [1.807, 2.05) is 39.4 Å². The molecule has 134 valence electrons. The van der Waals surface area contributed by atoms with E-state index >= 15 is 0 Å². The largest absolute Gasteiger partial charge is 0.481 e. The van der Waals surface area contributed by atoms with Crippen molar-refractivity contribution in [1.29, 1.82) is 0 Å². The summed E-state index contributed by atoms with van der Waals surface area (Å²) in [6.07, 6.45) is 1.80. The maximum atomic E-state index is 12.0. The fourth-order valence-corrected chi connectivity index (χ4v) is 4.51. The van der Waals surface area contributed by atoms with Crippen molar-refractivity contribution < 1.29 is 19.8 Å². The Hall–Kier alpha value is -1.51. The molecule has 2 aromatic rings. The smallest absolute Gasteiger partial charge is 0.325 e. The minimum Gasteiger partial charge on any atom is -0.481 e. The number of halogens is 1. The summed E-state index contributed by atoms with van der Waals surface area (Å²) in [5, 5.41) is 19.7. The monoisotopic (exact) mass is 426 g/mol. The van der Waals surface area contributed by atoms with E-state index in [-0.39, 0.29) is 6.42 Å². The van der Waals surface area contributed by atoms with E-state index in [2.05, 4.69) is 15.9 Å². The Labute approximate surface area is 157 Å². The van der Waals surface area contributed by atoms with Gasteiger partial charge in [0.1, 0.15) is 6.04 Å². The Morgan fingerprint density at radius 2 is 1.96 bits per heavy atom. The number of thioether (sulfide) groups is 1. The molecule has 2 N–H and O–H groups in total. The summed E-state index contributed by atoms with van der Waals surface area (Å²) in [6, 6.07) is 4.99. The first-order valence-corrected chi connectivity index (χ1v) is 9.97. The van der Waals surface area contributed by atoms with Crippen LogP contribution in [0.3, 0.4) is 0 Å². The molecular formula is C17H19BrN2O4S. The highest BCUT2D eigenvalue weighted by Crippen LogP contribution is 2.33. The van der Waals surface area contributed by atoms with Gasteiger partial charge >= 0.3 is 11.9 Å². The number of hydrogen-bond donors (Lipinski definition) is 2. The highest BCUT2D eigenvalue weighted by atomic mass is 79.9. The van der Waals surface area contributed by atoms with Gasteiger partial charge in [0.15, 0.2) is 0 Å². The first-order chi connectivity index (χ1) is 12.0. The van der Waals surface area contributed by atoms with Crippen LogP contribution in [-0.4, -0.2) is 56.2 Å². The van der Waals surface area contributed by atoms with Gasteiger partial charge in [0.25, 0.3) is 0 Å². The van der Waals surface area contributed by atoms with Crippen LogP contribution in [0.1, 0.15) is 18.0 Å². The number of fused-ring (bicyclic) bond motifs is 1. The van der Waals surface area contributed by atoms with E-state index in [4.69, 9.17) is 5.11 Å². The molecule has 6 nitrogen and oxygen atoms in total. The fourth-order valence-electron chi connectivity index (χ4n) is 3.23. The van der Waals surface area contributed by atoms with Crippen molar-refractivity contribution in [3.8, 4) is 0 Å². The second-order valence-corrected chi connectivity index (χ2v) is 8.11. The first kappa shape index (κ1) is 18.3. The summed E-state index contributed by atoms with van der Waals surface area (Å²) in [7, 11) is 0. The van der Waals surface area contributed by atoms with Crippen molar-refractivity contribution in [2.45, 2.75) is 19.0 Å². The Morgan fingerprint density at radius 1 is 1.24 bits per heavy atom. The third kappa shape index (κ3) is 4.02. The number of carboxylic acids is 2. The van der Waals surface area contributed by atoms with Gasteiger partial charge in [-0.3, -0.25) is 14.5 Å². The zero-order valence-corrected chi connectivity index (χ0v) is 15.9. The summed E-state index contributed by atoms with van der Waals surface area (Å²) in [4.78, 5) is 25.0. The average Bonchev–Trinajstić information content (AvgIpc) is 2.91. The zero-order valence-electron chi connectivity index (χ0n) is 13.5. The van der Waals surface area contributed by atoms with Gasteiger partial charge in [-0.1, -0.05) is 22.0 Å². The number of aromatic nitrogens is 1. The Morgan fingerprint density at radius 3 is 2.60 bits per heavy atom. The minimum atomic E-state index is -0.874. The Bertz CT molecular complexity index is 801. The molecule has 25 heavy (non-hydrogen) atoms. The van der Waals surface area contributed by atoms with Gasteiger partial charge in [0.05, 0.1) is 6.42 Å². The topological polar surface area (TPSA) is 82.8 Å². The van der Waals surface area contributed by atoms with E-state index in [0.29, 0.717) is 6.54 Å². The van der Waals surface area contributed by atoms with E-state index < -0.39 is 18.0 Å². The third-order valence-corrected chi connectivity index (χ3v) is 5.82. The maximum absolute atomic E-state index is 12.0. The Kier molecular flexibility index (Phi) is 5.71. The third-order valence-electron chi connectivity index (χ3n) is 4.38. The molecule has 1 aliphatic rings. The van der Waals surface area contributed by atoms with Crippen LogP contribution in [0.2, 0.25) is 0 Å². The summed E-state index contributed by atoms with van der Waals surface area (Å²) in [5.41, 5.74) is 1.58. The van der Waals surface area contributed by atoms with Crippen LogP contribution in [0.15, 0.2) is 28.9 Å². The lowest BCUT2D eigenvalue weighted by Gasteiger charge is -2.31. The Balaban J connectivity index is 2.06. The van der Waals surface area contributed by atoms with Crippen LogP contribution in [0.4, 0.5) is 0 Å². The van der Waals surface area contributed by atoms with Gasteiger partial charge in [0, 0.05) is 58.3 Å². The molecule has 0 bridgehead atoms. The minimum absolute atomic E-state index is 0.00613. The first-order valence-electron chi connectivity index (χ1n) is 8.02. The lowest BCUT2D eigenvalue weighted by Crippen LogP contribution is -2.39. The molecule has 1 aliphatic heterocycles. The van der Waals surface area contributed by atoms with Crippen molar-refractivity contribution >= 4 is 50.5 Å². The molecule has 0 amide bonds. The highest BCUT2D eigenvalue weighted by Gasteiger charge is 2.31. The zero-order chi connectivity index (χ0) is 18.0. The molecule has 1 aromatic heterocycles. The molecule has 1 saturated heterocycles. The lowest BCUT2D eigenvalue weighted by atomic mass is 10.0. The predicted octanol–water partition coefficient (Wildman–Crippen LogP) is 3.05. The molecule has 2 heterocycles. The predicted molar refractivity (Wildman–Crippen MR) is 101 cm³/mol. The van der Waals surface area contributed by atoms with Gasteiger partial charge in [-0.2, -0.15) is 11.8 Å². The van der Waals surface area contributed by atoms with Crippen LogP contribution in [0.5, 0.6) is 0 Å². The highest BCUT2D eigenvalue weighted by molar-refractivity contribution is 9.10. The van der Waals surface area contributed by atoms with E-state index in [1.165, 1.54) is 0 Å². The number of benzene rings is 1. The van der Waals surface area contributed by atoms with Crippen molar-refractivity contribution in [1.82, 2.24) is 9.47 Å². The van der Waals surface area contributed by atoms with Crippen molar-refractivity contribution in [2.24, 2.45) is 0 Å². The van der Waals surface area contributed by atoms with Gasteiger partial charge in [-0.15, -0.1) is 0 Å². The van der Waals surface area contributed by atoms with Crippen molar-refractivity contribution in [3.63, 3.8) is 0 Å².